The molecule has 150 valence electrons. The predicted molar refractivity (Wildman–Crippen MR) is 110 cm³/mol. The fraction of sp³-hybridized carbons (Fsp3) is 1.00. The topological polar surface area (TPSA) is 9.72 Å². The molecule has 26 heavy (non-hydrogen) atoms. The minimum absolute atomic E-state index is 0.716. The maximum atomic E-state index is 2.89. The van der Waals surface area contributed by atoms with E-state index in [4.69, 9.17) is 0 Å². The first-order valence-electron chi connectivity index (χ1n) is 11.6. The largest absolute Gasteiger partial charge is 0.302 e. The van der Waals surface area contributed by atoms with Crippen molar-refractivity contribution in [2.75, 3.05) is 52.4 Å². The Morgan fingerprint density at radius 1 is 0.846 bits per heavy atom. The monoisotopic (exact) mass is 361 g/mol. The summed E-state index contributed by atoms with van der Waals surface area (Å²) >= 11 is 0. The van der Waals surface area contributed by atoms with Crippen molar-refractivity contribution in [2.24, 2.45) is 29.1 Å². The molecule has 2 saturated heterocycles. The second-order valence-electron chi connectivity index (χ2n) is 11.0. The highest BCUT2D eigenvalue weighted by Gasteiger charge is 2.48. The zero-order valence-electron chi connectivity index (χ0n) is 17.9. The molecule has 2 heterocycles. The first-order valence-corrected chi connectivity index (χ1v) is 11.6. The van der Waals surface area contributed by atoms with E-state index in [0.29, 0.717) is 5.41 Å². The molecule has 2 aliphatic heterocycles. The van der Waals surface area contributed by atoms with Crippen molar-refractivity contribution >= 4 is 0 Å². The van der Waals surface area contributed by atoms with Crippen LogP contribution in [0.25, 0.3) is 0 Å². The highest BCUT2D eigenvalue weighted by atomic mass is 15.3. The Hall–Kier alpha value is -0.120. The lowest BCUT2D eigenvalue weighted by Gasteiger charge is -2.43. The molecule has 3 atom stereocenters. The van der Waals surface area contributed by atoms with Gasteiger partial charge in [-0.1, -0.05) is 13.8 Å². The van der Waals surface area contributed by atoms with Crippen molar-refractivity contribution < 1.29 is 0 Å². The van der Waals surface area contributed by atoms with Crippen LogP contribution in [0.2, 0.25) is 0 Å². The third-order valence-electron chi connectivity index (χ3n) is 8.07. The summed E-state index contributed by atoms with van der Waals surface area (Å²) in [5, 5.41) is 0. The molecule has 0 amide bonds. The molecular formula is C23H43N3. The second kappa shape index (κ2) is 7.72. The molecule has 0 aromatic heterocycles. The number of fused-ring (bicyclic) bond motifs is 2. The first-order chi connectivity index (χ1) is 12.4. The third-order valence-corrected chi connectivity index (χ3v) is 8.07. The molecule has 0 radical (unpaired) electrons. The lowest BCUT2D eigenvalue weighted by Crippen LogP contribution is -2.52. The molecule has 4 aliphatic rings. The molecule has 0 N–H and O–H groups in total. The summed E-state index contributed by atoms with van der Waals surface area (Å²) < 4.78 is 0. The van der Waals surface area contributed by atoms with Gasteiger partial charge in [0.25, 0.3) is 0 Å². The van der Waals surface area contributed by atoms with Crippen molar-refractivity contribution in [2.45, 2.75) is 65.8 Å². The smallest absolute Gasteiger partial charge is 0.0113 e. The van der Waals surface area contributed by atoms with Gasteiger partial charge in [-0.3, -0.25) is 4.90 Å². The number of piperazine rings is 1. The van der Waals surface area contributed by atoms with E-state index in [2.05, 4.69) is 42.4 Å². The number of piperidine rings is 1. The molecule has 0 aromatic carbocycles. The van der Waals surface area contributed by atoms with E-state index >= 15 is 0 Å². The van der Waals surface area contributed by atoms with Crippen molar-refractivity contribution in [1.82, 2.24) is 14.7 Å². The highest BCUT2D eigenvalue weighted by molar-refractivity contribution is 5.00. The molecule has 2 bridgehead atoms. The van der Waals surface area contributed by atoms with Gasteiger partial charge in [-0.2, -0.15) is 0 Å². The molecule has 1 unspecified atom stereocenters. The molecular weight excluding hydrogens is 318 g/mol. The van der Waals surface area contributed by atoms with Gasteiger partial charge < -0.3 is 9.80 Å². The van der Waals surface area contributed by atoms with E-state index < -0.39 is 0 Å². The molecule has 2 aliphatic carbocycles. The molecule has 2 saturated carbocycles. The number of hydrogen-bond acceptors (Lipinski definition) is 3. The number of nitrogens with zero attached hydrogens (tertiary/aromatic N) is 3. The van der Waals surface area contributed by atoms with Gasteiger partial charge in [0.15, 0.2) is 0 Å². The van der Waals surface area contributed by atoms with Crippen LogP contribution in [0.5, 0.6) is 0 Å². The Bertz CT molecular complexity index is 448. The van der Waals surface area contributed by atoms with Gasteiger partial charge in [0.05, 0.1) is 0 Å². The fourth-order valence-corrected chi connectivity index (χ4v) is 6.56. The van der Waals surface area contributed by atoms with Gasteiger partial charge in [-0.25, -0.2) is 0 Å². The minimum Gasteiger partial charge on any atom is -0.302 e. The Kier molecular flexibility index (Phi) is 5.70. The molecule has 3 nitrogen and oxygen atoms in total. The fourth-order valence-electron chi connectivity index (χ4n) is 6.56. The van der Waals surface area contributed by atoms with Gasteiger partial charge in [0.1, 0.15) is 0 Å². The van der Waals surface area contributed by atoms with Gasteiger partial charge in [-0.05, 0) is 75.0 Å². The van der Waals surface area contributed by atoms with Crippen LogP contribution in [0.1, 0.15) is 59.8 Å². The number of rotatable bonds is 7. The molecule has 3 heteroatoms. The van der Waals surface area contributed by atoms with Crippen LogP contribution in [0.4, 0.5) is 0 Å². The van der Waals surface area contributed by atoms with E-state index in [1.54, 1.807) is 0 Å². The Labute approximate surface area is 162 Å². The van der Waals surface area contributed by atoms with Crippen LogP contribution in [0, 0.1) is 29.1 Å². The van der Waals surface area contributed by atoms with Gasteiger partial charge in [0.2, 0.25) is 0 Å². The SMILES string of the molecule is CC(C)CC1(CN2C[C@H]3CC[C@@H](C2)C3CN2CCN(C(C)C)CC2)CC1. The third kappa shape index (κ3) is 4.31. The number of likely N-dealkylation sites (tertiary alicyclic amines) is 1. The van der Waals surface area contributed by atoms with Gasteiger partial charge in [-0.15, -0.1) is 0 Å². The van der Waals surface area contributed by atoms with Crippen molar-refractivity contribution in [3.05, 3.63) is 0 Å². The average Bonchev–Trinajstić information content (AvgIpc) is 3.28. The molecule has 4 fully saturated rings. The maximum absolute atomic E-state index is 2.89. The predicted octanol–water partition coefficient (Wildman–Crippen LogP) is 3.80. The summed E-state index contributed by atoms with van der Waals surface area (Å²) in [6.07, 6.45) is 7.48. The van der Waals surface area contributed by atoms with E-state index in [1.165, 1.54) is 84.5 Å². The van der Waals surface area contributed by atoms with Crippen LogP contribution >= 0.6 is 0 Å². The van der Waals surface area contributed by atoms with Gasteiger partial charge >= 0.3 is 0 Å². The number of hydrogen-bond donors (Lipinski definition) is 0. The van der Waals surface area contributed by atoms with Crippen LogP contribution in [0.15, 0.2) is 0 Å². The Morgan fingerprint density at radius 2 is 1.46 bits per heavy atom. The summed E-state index contributed by atoms with van der Waals surface area (Å²) in [5.74, 6) is 3.85. The normalized spacial score (nSPS) is 35.5. The van der Waals surface area contributed by atoms with Gasteiger partial charge in [0, 0.05) is 58.4 Å². The molecule has 0 spiro atoms. The zero-order chi connectivity index (χ0) is 18.3. The lowest BCUT2D eigenvalue weighted by molar-refractivity contribution is 0.0416. The van der Waals surface area contributed by atoms with Crippen LogP contribution in [-0.2, 0) is 0 Å². The summed E-state index contributed by atoms with van der Waals surface area (Å²) in [4.78, 5) is 8.34. The Balaban J connectivity index is 1.27. The summed E-state index contributed by atoms with van der Waals surface area (Å²) in [6, 6.07) is 0.720. The summed E-state index contributed by atoms with van der Waals surface area (Å²) in [7, 11) is 0. The van der Waals surface area contributed by atoms with Crippen molar-refractivity contribution in [1.29, 1.82) is 0 Å². The zero-order valence-corrected chi connectivity index (χ0v) is 17.9. The lowest BCUT2D eigenvalue weighted by atomic mass is 9.83. The van der Waals surface area contributed by atoms with Crippen LogP contribution in [0.3, 0.4) is 0 Å². The highest BCUT2D eigenvalue weighted by Crippen LogP contribution is 2.52. The van der Waals surface area contributed by atoms with Crippen molar-refractivity contribution in [3.63, 3.8) is 0 Å². The van der Waals surface area contributed by atoms with Crippen LogP contribution < -0.4 is 0 Å². The van der Waals surface area contributed by atoms with E-state index in [9.17, 15) is 0 Å². The van der Waals surface area contributed by atoms with E-state index in [1.807, 2.05) is 0 Å². The maximum Gasteiger partial charge on any atom is 0.0113 e. The van der Waals surface area contributed by atoms with E-state index in [0.717, 1.165) is 29.7 Å². The second-order valence-corrected chi connectivity index (χ2v) is 11.0. The standard InChI is InChI=1S/C23H43N3/c1-18(2)13-23(7-8-23)17-25-14-20-5-6-21(15-25)22(20)16-24-9-11-26(12-10-24)19(3)4/h18-22H,5-17H2,1-4H3/t20-,21+,22?. The first kappa shape index (κ1) is 19.2. The Morgan fingerprint density at radius 3 is 1.96 bits per heavy atom. The molecule has 4 rings (SSSR count). The average molecular weight is 362 g/mol. The van der Waals surface area contributed by atoms with E-state index in [-0.39, 0.29) is 0 Å². The quantitative estimate of drug-likeness (QED) is 0.683. The minimum atomic E-state index is 0.716. The molecule has 0 aromatic rings. The van der Waals surface area contributed by atoms with Crippen LogP contribution in [-0.4, -0.2) is 73.1 Å². The summed E-state index contributed by atoms with van der Waals surface area (Å²) in [5.41, 5.74) is 0.716. The summed E-state index contributed by atoms with van der Waals surface area (Å²) in [6.45, 7) is 20.3. The van der Waals surface area contributed by atoms with Crippen molar-refractivity contribution in [3.8, 4) is 0 Å².